The number of hydrogen-bond donors (Lipinski definition) is 1. The molecular formula is C20H37N7O. The fraction of sp³-hybridized carbons (Fsp3) is 0.850. The molecule has 3 rings (SSSR count). The van der Waals surface area contributed by atoms with E-state index in [1.54, 1.807) is 0 Å². The molecule has 3 heterocycles. The first-order chi connectivity index (χ1) is 13.6. The number of hydrogen-bond acceptors (Lipinski definition) is 5. The first-order valence-corrected chi connectivity index (χ1v) is 10.8. The minimum atomic E-state index is 0.302. The highest BCUT2D eigenvalue weighted by atomic mass is 16.5. The highest BCUT2D eigenvalue weighted by molar-refractivity contribution is 5.80. The Bertz CT molecular complexity index is 634. The van der Waals surface area contributed by atoms with Crippen molar-refractivity contribution in [2.45, 2.75) is 52.7 Å². The highest BCUT2D eigenvalue weighted by Gasteiger charge is 2.27. The Kier molecular flexibility index (Phi) is 7.67. The van der Waals surface area contributed by atoms with Crippen molar-refractivity contribution in [2.24, 2.45) is 18.0 Å². The molecule has 2 aliphatic heterocycles. The summed E-state index contributed by atoms with van der Waals surface area (Å²) in [5, 5.41) is 12.0. The van der Waals surface area contributed by atoms with Crippen LogP contribution in [0, 0.1) is 12.8 Å². The molecule has 0 radical (unpaired) electrons. The third kappa shape index (κ3) is 5.44. The zero-order valence-electron chi connectivity index (χ0n) is 18.0. The van der Waals surface area contributed by atoms with E-state index >= 15 is 0 Å². The average molecular weight is 392 g/mol. The Labute approximate surface area is 169 Å². The van der Waals surface area contributed by atoms with Gasteiger partial charge in [0, 0.05) is 39.8 Å². The van der Waals surface area contributed by atoms with Crippen LogP contribution in [0.15, 0.2) is 4.99 Å². The molecule has 8 heteroatoms. The molecule has 0 amide bonds. The third-order valence-electron chi connectivity index (χ3n) is 6.06. The van der Waals surface area contributed by atoms with E-state index in [4.69, 9.17) is 9.73 Å². The third-order valence-corrected chi connectivity index (χ3v) is 6.06. The molecule has 2 unspecified atom stereocenters. The second-order valence-corrected chi connectivity index (χ2v) is 7.96. The van der Waals surface area contributed by atoms with Gasteiger partial charge in [-0.1, -0.05) is 13.8 Å². The summed E-state index contributed by atoms with van der Waals surface area (Å²) in [5.41, 5.74) is 0. The lowest BCUT2D eigenvalue weighted by atomic mass is 10.1. The van der Waals surface area contributed by atoms with Gasteiger partial charge < -0.3 is 24.4 Å². The molecule has 0 aliphatic carbocycles. The summed E-state index contributed by atoms with van der Waals surface area (Å²) in [6.45, 7) is 14.2. The van der Waals surface area contributed by atoms with Crippen molar-refractivity contribution in [3.63, 3.8) is 0 Å². The molecular weight excluding hydrogens is 354 g/mol. The van der Waals surface area contributed by atoms with Crippen LogP contribution in [0.2, 0.25) is 0 Å². The van der Waals surface area contributed by atoms with Crippen LogP contribution in [0.3, 0.4) is 0 Å². The standard InChI is InChI=1S/C20H37N7O/c1-5-26(6-2)14-17-9-10-27(15-17)20(21-12-18-8-7-11-28-18)22-13-19-24-23-16(3)25(19)4/h17-18H,5-15H2,1-4H3,(H,21,22). The minimum absolute atomic E-state index is 0.302. The van der Waals surface area contributed by atoms with Crippen molar-refractivity contribution in [1.29, 1.82) is 0 Å². The minimum Gasteiger partial charge on any atom is -0.376 e. The Morgan fingerprint density at radius 2 is 2.11 bits per heavy atom. The van der Waals surface area contributed by atoms with Crippen molar-refractivity contribution in [3.8, 4) is 0 Å². The van der Waals surface area contributed by atoms with Crippen molar-refractivity contribution in [3.05, 3.63) is 11.6 Å². The SMILES string of the molecule is CCN(CC)CC1CCN(C(=NCc2nnc(C)n2C)NCC2CCCO2)C1. The smallest absolute Gasteiger partial charge is 0.194 e. The van der Waals surface area contributed by atoms with Gasteiger partial charge in [0.1, 0.15) is 12.4 Å². The zero-order chi connectivity index (χ0) is 19.9. The number of likely N-dealkylation sites (tertiary alicyclic amines) is 1. The number of nitrogens with one attached hydrogen (secondary N) is 1. The first-order valence-electron chi connectivity index (χ1n) is 10.8. The van der Waals surface area contributed by atoms with Gasteiger partial charge in [-0.15, -0.1) is 10.2 Å². The van der Waals surface area contributed by atoms with Gasteiger partial charge in [-0.05, 0) is 45.2 Å². The van der Waals surface area contributed by atoms with Crippen molar-refractivity contribution < 1.29 is 4.74 Å². The van der Waals surface area contributed by atoms with Gasteiger partial charge in [0.05, 0.1) is 6.10 Å². The molecule has 1 aromatic heterocycles. The summed E-state index contributed by atoms with van der Waals surface area (Å²) >= 11 is 0. The summed E-state index contributed by atoms with van der Waals surface area (Å²) in [4.78, 5) is 9.83. The van der Waals surface area contributed by atoms with Crippen LogP contribution >= 0.6 is 0 Å². The fourth-order valence-electron chi connectivity index (χ4n) is 4.03. The number of rotatable bonds is 8. The van der Waals surface area contributed by atoms with Crippen LogP contribution in [-0.2, 0) is 18.3 Å². The van der Waals surface area contributed by atoms with E-state index in [9.17, 15) is 0 Å². The van der Waals surface area contributed by atoms with Gasteiger partial charge in [0.25, 0.3) is 0 Å². The maximum absolute atomic E-state index is 5.78. The van der Waals surface area contributed by atoms with Crippen LogP contribution < -0.4 is 5.32 Å². The lowest BCUT2D eigenvalue weighted by Crippen LogP contribution is -2.43. The first kappa shape index (κ1) is 21.0. The molecule has 8 nitrogen and oxygen atoms in total. The summed E-state index contributed by atoms with van der Waals surface area (Å²) in [5.74, 6) is 3.50. The topological polar surface area (TPSA) is 70.8 Å². The van der Waals surface area contributed by atoms with E-state index < -0.39 is 0 Å². The molecule has 28 heavy (non-hydrogen) atoms. The average Bonchev–Trinajstić information content (AvgIpc) is 3.44. The summed E-state index contributed by atoms with van der Waals surface area (Å²) in [7, 11) is 2.00. The Balaban J connectivity index is 1.63. The number of aromatic nitrogens is 3. The normalized spacial score (nSPS) is 23.2. The quantitative estimate of drug-likeness (QED) is 0.534. The lowest BCUT2D eigenvalue weighted by molar-refractivity contribution is 0.113. The van der Waals surface area contributed by atoms with Gasteiger partial charge in [0.2, 0.25) is 0 Å². The van der Waals surface area contributed by atoms with Gasteiger partial charge in [0.15, 0.2) is 11.8 Å². The van der Waals surface area contributed by atoms with E-state index in [2.05, 4.69) is 39.2 Å². The van der Waals surface area contributed by atoms with Gasteiger partial charge in [-0.3, -0.25) is 0 Å². The van der Waals surface area contributed by atoms with E-state index in [0.717, 1.165) is 69.8 Å². The molecule has 0 aromatic carbocycles. The van der Waals surface area contributed by atoms with Gasteiger partial charge in [-0.25, -0.2) is 4.99 Å². The predicted molar refractivity (Wildman–Crippen MR) is 111 cm³/mol. The van der Waals surface area contributed by atoms with Crippen molar-refractivity contribution in [2.75, 3.05) is 45.9 Å². The number of guanidine groups is 1. The van der Waals surface area contributed by atoms with E-state index in [1.165, 1.54) is 13.0 Å². The van der Waals surface area contributed by atoms with Crippen LogP contribution in [0.4, 0.5) is 0 Å². The molecule has 0 saturated carbocycles. The van der Waals surface area contributed by atoms with Crippen LogP contribution in [0.1, 0.15) is 44.8 Å². The summed E-state index contributed by atoms with van der Waals surface area (Å²) in [6.07, 6.45) is 3.82. The number of aliphatic imine (C=N–C) groups is 1. The van der Waals surface area contributed by atoms with E-state index in [0.29, 0.717) is 18.6 Å². The molecule has 158 valence electrons. The van der Waals surface area contributed by atoms with Crippen LogP contribution in [0.25, 0.3) is 0 Å². The largest absolute Gasteiger partial charge is 0.376 e. The molecule has 2 atom stereocenters. The van der Waals surface area contributed by atoms with Gasteiger partial charge >= 0.3 is 0 Å². The number of ether oxygens (including phenoxy) is 1. The maximum atomic E-state index is 5.78. The van der Waals surface area contributed by atoms with Crippen LogP contribution in [-0.4, -0.2) is 82.5 Å². The second kappa shape index (κ2) is 10.2. The molecule has 2 aliphatic rings. The number of aryl methyl sites for hydroxylation is 1. The zero-order valence-corrected chi connectivity index (χ0v) is 18.0. The Morgan fingerprint density at radius 1 is 1.29 bits per heavy atom. The highest BCUT2D eigenvalue weighted by Crippen LogP contribution is 2.18. The van der Waals surface area contributed by atoms with Crippen LogP contribution in [0.5, 0.6) is 0 Å². The Hall–Kier alpha value is -1.67. The van der Waals surface area contributed by atoms with E-state index in [1.807, 2.05) is 18.5 Å². The fourth-order valence-corrected chi connectivity index (χ4v) is 4.03. The monoisotopic (exact) mass is 391 g/mol. The summed E-state index contributed by atoms with van der Waals surface area (Å²) in [6, 6.07) is 0. The Morgan fingerprint density at radius 3 is 2.75 bits per heavy atom. The van der Waals surface area contributed by atoms with Gasteiger partial charge in [-0.2, -0.15) is 0 Å². The molecule has 0 spiro atoms. The predicted octanol–water partition coefficient (Wildman–Crippen LogP) is 1.41. The molecule has 1 N–H and O–H groups in total. The molecule has 2 saturated heterocycles. The van der Waals surface area contributed by atoms with Crippen molar-refractivity contribution >= 4 is 5.96 Å². The molecule has 2 fully saturated rings. The molecule has 0 bridgehead atoms. The maximum Gasteiger partial charge on any atom is 0.194 e. The van der Waals surface area contributed by atoms with Crippen molar-refractivity contribution in [1.82, 2.24) is 29.9 Å². The molecule has 1 aromatic rings. The summed E-state index contributed by atoms with van der Waals surface area (Å²) < 4.78 is 7.79. The van der Waals surface area contributed by atoms with E-state index in [-0.39, 0.29) is 0 Å². The number of nitrogens with zero attached hydrogens (tertiary/aromatic N) is 6. The second-order valence-electron chi connectivity index (χ2n) is 7.96. The lowest BCUT2D eigenvalue weighted by Gasteiger charge is -2.25.